The Hall–Kier alpha value is -3.98. The van der Waals surface area contributed by atoms with E-state index in [1.54, 1.807) is 25.3 Å². The Morgan fingerprint density at radius 2 is 1.74 bits per heavy atom. The molecule has 0 unspecified atom stereocenters. The van der Waals surface area contributed by atoms with Crippen LogP contribution in [0.3, 0.4) is 0 Å². The van der Waals surface area contributed by atoms with Gasteiger partial charge in [-0.2, -0.15) is 0 Å². The molecule has 2 N–H and O–H groups in total. The van der Waals surface area contributed by atoms with E-state index in [0.29, 0.717) is 18.7 Å². The van der Waals surface area contributed by atoms with Crippen molar-refractivity contribution < 1.29 is 13.3 Å². The first kappa shape index (κ1) is 23.2. The van der Waals surface area contributed by atoms with Gasteiger partial charge in [-0.3, -0.25) is 19.8 Å². The summed E-state index contributed by atoms with van der Waals surface area (Å²) in [7, 11) is -4.00. The number of nitro benzene ring substituents is 1. The Balaban J connectivity index is 1.53. The molecule has 0 spiro atoms. The monoisotopic (exact) mass is 476 g/mol. The van der Waals surface area contributed by atoms with E-state index in [0.717, 1.165) is 33.7 Å². The van der Waals surface area contributed by atoms with Gasteiger partial charge in [-0.15, -0.1) is 0 Å². The number of hydrogen-bond acceptors (Lipinski definition) is 6. The molecule has 0 aliphatic rings. The third-order valence-corrected chi connectivity index (χ3v) is 6.89. The van der Waals surface area contributed by atoms with Gasteiger partial charge in [0, 0.05) is 24.2 Å². The van der Waals surface area contributed by atoms with E-state index in [1.165, 1.54) is 12.1 Å². The zero-order valence-corrected chi connectivity index (χ0v) is 19.6. The van der Waals surface area contributed by atoms with Crippen LogP contribution in [0.4, 0.5) is 17.1 Å². The van der Waals surface area contributed by atoms with Crippen molar-refractivity contribution in [3.05, 3.63) is 99.7 Å². The summed E-state index contributed by atoms with van der Waals surface area (Å²) < 4.78 is 28.3. The van der Waals surface area contributed by atoms with Gasteiger partial charge in [0.2, 0.25) is 0 Å². The molecule has 0 atom stereocenters. The second-order valence-electron chi connectivity index (χ2n) is 8.03. The molecular weight excluding hydrogens is 452 g/mol. The number of nitrogens with one attached hydrogen (secondary N) is 2. The average Bonchev–Trinajstić information content (AvgIpc) is 2.81. The van der Waals surface area contributed by atoms with E-state index in [1.807, 2.05) is 43.3 Å². The maximum atomic E-state index is 12.9. The fourth-order valence-corrected chi connectivity index (χ4v) is 4.96. The molecule has 9 heteroatoms. The molecule has 4 rings (SSSR count). The molecule has 0 aliphatic heterocycles. The van der Waals surface area contributed by atoms with Crippen LogP contribution in [0.5, 0.6) is 0 Å². The summed E-state index contributed by atoms with van der Waals surface area (Å²) in [5.74, 6) is 0. The molecule has 0 radical (unpaired) electrons. The summed E-state index contributed by atoms with van der Waals surface area (Å²) in [4.78, 5) is 15.4. The number of nitrogens with zero attached hydrogens (tertiary/aromatic N) is 2. The maximum Gasteiger partial charge on any atom is 0.293 e. The number of fused-ring (bicyclic) bond motifs is 1. The topological polar surface area (TPSA) is 114 Å². The molecule has 0 saturated heterocycles. The normalized spacial score (nSPS) is 11.4. The fourth-order valence-electron chi connectivity index (χ4n) is 3.81. The number of benzene rings is 3. The van der Waals surface area contributed by atoms with Crippen LogP contribution in [0.1, 0.15) is 16.7 Å². The number of aryl methyl sites for hydroxylation is 2. The van der Waals surface area contributed by atoms with E-state index in [4.69, 9.17) is 0 Å². The van der Waals surface area contributed by atoms with Crippen LogP contribution >= 0.6 is 0 Å². The number of para-hydroxylation sites is 1. The zero-order valence-electron chi connectivity index (χ0n) is 18.8. The van der Waals surface area contributed by atoms with Gasteiger partial charge in [-0.05, 0) is 55.7 Å². The highest BCUT2D eigenvalue weighted by Crippen LogP contribution is 2.29. The van der Waals surface area contributed by atoms with E-state index in [-0.39, 0.29) is 16.3 Å². The summed E-state index contributed by atoms with van der Waals surface area (Å²) in [6, 6.07) is 19.0. The predicted octanol–water partition coefficient (Wildman–Crippen LogP) is 5.22. The first-order valence-corrected chi connectivity index (χ1v) is 12.2. The van der Waals surface area contributed by atoms with Crippen molar-refractivity contribution in [2.24, 2.45) is 0 Å². The summed E-state index contributed by atoms with van der Waals surface area (Å²) in [6.07, 6.45) is 2.33. The molecular formula is C25H24N4O4S. The third kappa shape index (κ3) is 4.99. The second-order valence-corrected chi connectivity index (χ2v) is 9.71. The Morgan fingerprint density at radius 1 is 0.971 bits per heavy atom. The number of pyridine rings is 1. The van der Waals surface area contributed by atoms with Crippen LogP contribution < -0.4 is 10.0 Å². The number of rotatable bonds is 8. The number of hydrogen-bond donors (Lipinski definition) is 2. The number of aromatic nitrogens is 1. The number of nitro groups is 1. The largest absolute Gasteiger partial charge is 0.379 e. The molecule has 0 saturated carbocycles. The summed E-state index contributed by atoms with van der Waals surface area (Å²) in [5, 5.41) is 15.8. The van der Waals surface area contributed by atoms with E-state index in [2.05, 4.69) is 15.0 Å². The van der Waals surface area contributed by atoms with Gasteiger partial charge in [0.15, 0.2) is 0 Å². The Labute approximate surface area is 197 Å². The Bertz CT molecular complexity index is 1480. The second kappa shape index (κ2) is 9.48. The van der Waals surface area contributed by atoms with Gasteiger partial charge in [-0.1, -0.05) is 42.0 Å². The van der Waals surface area contributed by atoms with Crippen molar-refractivity contribution in [3.63, 3.8) is 0 Å². The molecule has 0 bridgehead atoms. The van der Waals surface area contributed by atoms with Crippen molar-refractivity contribution in [1.29, 1.82) is 0 Å². The highest BCUT2D eigenvalue weighted by atomic mass is 32.2. The molecule has 8 nitrogen and oxygen atoms in total. The van der Waals surface area contributed by atoms with Gasteiger partial charge in [0.1, 0.15) is 5.69 Å². The lowest BCUT2D eigenvalue weighted by atomic mass is 10.1. The van der Waals surface area contributed by atoms with E-state index >= 15 is 0 Å². The van der Waals surface area contributed by atoms with E-state index < -0.39 is 14.9 Å². The highest BCUT2D eigenvalue weighted by molar-refractivity contribution is 7.92. The molecule has 0 amide bonds. The van der Waals surface area contributed by atoms with Crippen LogP contribution in [-0.2, 0) is 16.4 Å². The minimum absolute atomic E-state index is 0.178. The number of anilines is 2. The summed E-state index contributed by atoms with van der Waals surface area (Å²) >= 11 is 0. The van der Waals surface area contributed by atoms with Crippen molar-refractivity contribution in [2.75, 3.05) is 16.6 Å². The van der Waals surface area contributed by atoms with Crippen molar-refractivity contribution in [1.82, 2.24) is 4.98 Å². The first-order chi connectivity index (χ1) is 16.2. The van der Waals surface area contributed by atoms with Crippen LogP contribution in [0.15, 0.2) is 77.8 Å². The predicted molar refractivity (Wildman–Crippen MR) is 134 cm³/mol. The first-order valence-electron chi connectivity index (χ1n) is 10.7. The van der Waals surface area contributed by atoms with Gasteiger partial charge in [0.05, 0.1) is 21.0 Å². The quantitative estimate of drug-likeness (QED) is 0.266. The lowest BCUT2D eigenvalue weighted by Gasteiger charge is -2.13. The van der Waals surface area contributed by atoms with Crippen LogP contribution in [-0.4, -0.2) is 24.9 Å². The molecule has 4 aromatic rings. The van der Waals surface area contributed by atoms with Gasteiger partial charge in [0.25, 0.3) is 15.7 Å². The molecule has 174 valence electrons. The van der Waals surface area contributed by atoms with Crippen LogP contribution in [0.25, 0.3) is 10.9 Å². The van der Waals surface area contributed by atoms with Gasteiger partial charge < -0.3 is 5.32 Å². The lowest BCUT2D eigenvalue weighted by Crippen LogP contribution is -2.15. The molecule has 34 heavy (non-hydrogen) atoms. The molecule has 0 aliphatic carbocycles. The summed E-state index contributed by atoms with van der Waals surface area (Å²) in [5.41, 5.74) is 4.05. The summed E-state index contributed by atoms with van der Waals surface area (Å²) in [6.45, 7) is 4.13. The SMILES string of the molecule is Cc1ccc(NS(=O)(=O)c2ccc(NCCc3cccc4cccnc34)c([N+](=O)[O-])c2)c(C)c1. The molecule has 0 fully saturated rings. The minimum Gasteiger partial charge on any atom is -0.379 e. The van der Waals surface area contributed by atoms with Gasteiger partial charge >= 0.3 is 0 Å². The lowest BCUT2D eigenvalue weighted by molar-refractivity contribution is -0.384. The van der Waals surface area contributed by atoms with Crippen LogP contribution in [0, 0.1) is 24.0 Å². The van der Waals surface area contributed by atoms with E-state index in [9.17, 15) is 18.5 Å². The fraction of sp³-hybridized carbons (Fsp3) is 0.160. The average molecular weight is 477 g/mol. The number of sulfonamides is 1. The standard InChI is InChI=1S/C25H24N4O4S/c1-17-8-10-22(18(2)15-17)28-34(32,33)21-9-11-23(24(16-21)29(30)31)26-14-12-20-6-3-5-19-7-4-13-27-25(19)20/h3-11,13,15-16,26,28H,12,14H2,1-2H3. The van der Waals surface area contributed by atoms with Crippen molar-refractivity contribution >= 4 is 38.0 Å². The third-order valence-electron chi connectivity index (χ3n) is 5.53. The minimum atomic E-state index is -4.00. The smallest absolute Gasteiger partial charge is 0.293 e. The maximum absolute atomic E-state index is 12.9. The van der Waals surface area contributed by atoms with Crippen molar-refractivity contribution in [3.8, 4) is 0 Å². The van der Waals surface area contributed by atoms with Crippen LogP contribution in [0.2, 0.25) is 0 Å². The molecule has 1 heterocycles. The van der Waals surface area contributed by atoms with Crippen molar-refractivity contribution in [2.45, 2.75) is 25.2 Å². The van der Waals surface area contributed by atoms with Gasteiger partial charge in [-0.25, -0.2) is 8.42 Å². The highest BCUT2D eigenvalue weighted by Gasteiger charge is 2.22. The Kier molecular flexibility index (Phi) is 6.47. The zero-order chi connectivity index (χ0) is 24.3. The molecule has 1 aromatic heterocycles. The molecule has 3 aromatic carbocycles. The Morgan fingerprint density at radius 3 is 2.50 bits per heavy atom.